The molecular weight excluding hydrogens is 202 g/mol. The number of para-hydroxylation sites is 1. The molecule has 3 nitrogen and oxygen atoms in total. The summed E-state index contributed by atoms with van der Waals surface area (Å²) >= 11 is 0. The molecular formula is C13H21NO2. The third-order valence-corrected chi connectivity index (χ3v) is 2.47. The number of hydrogen-bond acceptors (Lipinski definition) is 3. The van der Waals surface area contributed by atoms with Crippen LogP contribution in [0.15, 0.2) is 18.2 Å². The molecule has 0 saturated carbocycles. The number of unbranched alkanes of at least 4 members (excludes halogenated alkanes) is 1. The minimum Gasteiger partial charge on any atom is -0.493 e. The molecule has 0 aliphatic carbocycles. The van der Waals surface area contributed by atoms with E-state index in [1.807, 2.05) is 19.1 Å². The van der Waals surface area contributed by atoms with Crippen molar-refractivity contribution in [3.63, 3.8) is 0 Å². The highest BCUT2D eigenvalue weighted by Gasteiger charge is 2.09. The summed E-state index contributed by atoms with van der Waals surface area (Å²) in [6.07, 6.45) is 3.12. The molecule has 0 bridgehead atoms. The fraction of sp³-hybridized carbons (Fsp3) is 0.538. The van der Waals surface area contributed by atoms with E-state index < -0.39 is 0 Å². The van der Waals surface area contributed by atoms with Crippen molar-refractivity contribution in [2.45, 2.75) is 26.2 Å². The maximum absolute atomic E-state index is 5.63. The molecule has 0 aliphatic heterocycles. The molecule has 0 aliphatic rings. The lowest BCUT2D eigenvalue weighted by Crippen LogP contribution is -2.02. The van der Waals surface area contributed by atoms with Gasteiger partial charge >= 0.3 is 0 Å². The molecule has 0 unspecified atom stereocenters. The Hall–Kier alpha value is -1.22. The van der Waals surface area contributed by atoms with Gasteiger partial charge in [0.15, 0.2) is 11.5 Å². The van der Waals surface area contributed by atoms with E-state index >= 15 is 0 Å². The molecule has 0 aromatic heterocycles. The number of nitrogens with two attached hydrogens (primary N) is 1. The Morgan fingerprint density at radius 1 is 1.25 bits per heavy atom. The fourth-order valence-electron chi connectivity index (χ4n) is 1.69. The Morgan fingerprint density at radius 3 is 2.69 bits per heavy atom. The topological polar surface area (TPSA) is 44.5 Å². The molecule has 90 valence electrons. The minimum absolute atomic E-state index is 0.657. The Balaban J connectivity index is 2.79. The van der Waals surface area contributed by atoms with E-state index in [1.165, 1.54) is 5.56 Å². The minimum atomic E-state index is 0.657. The molecule has 16 heavy (non-hydrogen) atoms. The van der Waals surface area contributed by atoms with Gasteiger partial charge in [0, 0.05) is 0 Å². The molecule has 0 radical (unpaired) electrons. The molecule has 0 fully saturated rings. The summed E-state index contributed by atoms with van der Waals surface area (Å²) in [7, 11) is 1.67. The van der Waals surface area contributed by atoms with Crippen LogP contribution in [0.2, 0.25) is 0 Å². The monoisotopic (exact) mass is 223 g/mol. The number of rotatable bonds is 7. The third-order valence-electron chi connectivity index (χ3n) is 2.47. The molecule has 1 rings (SSSR count). The van der Waals surface area contributed by atoms with E-state index in [1.54, 1.807) is 7.11 Å². The first-order chi connectivity index (χ1) is 7.83. The summed E-state index contributed by atoms with van der Waals surface area (Å²) in [5.74, 6) is 1.69. The van der Waals surface area contributed by atoms with Crippen molar-refractivity contribution in [3.8, 4) is 11.5 Å². The zero-order valence-corrected chi connectivity index (χ0v) is 10.2. The van der Waals surface area contributed by atoms with Crippen LogP contribution in [0.3, 0.4) is 0 Å². The third kappa shape index (κ3) is 3.42. The van der Waals surface area contributed by atoms with Crippen LogP contribution in [0.25, 0.3) is 0 Å². The van der Waals surface area contributed by atoms with Crippen LogP contribution in [0.4, 0.5) is 0 Å². The van der Waals surface area contributed by atoms with Crippen LogP contribution in [0.5, 0.6) is 11.5 Å². The van der Waals surface area contributed by atoms with Crippen molar-refractivity contribution in [2.24, 2.45) is 5.73 Å². The number of aryl methyl sites for hydroxylation is 1. The first-order valence-electron chi connectivity index (χ1n) is 5.82. The van der Waals surface area contributed by atoms with Crippen LogP contribution < -0.4 is 15.2 Å². The highest BCUT2D eigenvalue weighted by molar-refractivity contribution is 5.46. The van der Waals surface area contributed by atoms with Gasteiger partial charge in [-0.1, -0.05) is 12.1 Å². The van der Waals surface area contributed by atoms with Gasteiger partial charge in [-0.2, -0.15) is 0 Å². The van der Waals surface area contributed by atoms with Gasteiger partial charge in [-0.3, -0.25) is 0 Å². The second-order valence-electron chi connectivity index (χ2n) is 3.63. The Labute approximate surface area is 97.6 Å². The zero-order valence-electron chi connectivity index (χ0n) is 10.2. The van der Waals surface area contributed by atoms with Gasteiger partial charge in [0.1, 0.15) is 0 Å². The molecule has 0 spiro atoms. The SMILES string of the molecule is CCOc1c(CCCCN)cccc1OC. The average molecular weight is 223 g/mol. The van der Waals surface area contributed by atoms with Crippen molar-refractivity contribution >= 4 is 0 Å². The Morgan fingerprint density at radius 2 is 2.06 bits per heavy atom. The predicted octanol–water partition coefficient (Wildman–Crippen LogP) is 2.38. The van der Waals surface area contributed by atoms with E-state index in [4.69, 9.17) is 15.2 Å². The van der Waals surface area contributed by atoms with Gasteiger partial charge in [-0.15, -0.1) is 0 Å². The lowest BCUT2D eigenvalue weighted by atomic mass is 10.1. The molecule has 0 amide bonds. The second kappa shape index (κ2) is 7.12. The van der Waals surface area contributed by atoms with Crippen molar-refractivity contribution in [1.82, 2.24) is 0 Å². The van der Waals surface area contributed by atoms with Gasteiger partial charge in [-0.25, -0.2) is 0 Å². The summed E-state index contributed by atoms with van der Waals surface area (Å²) in [5, 5.41) is 0. The van der Waals surface area contributed by atoms with Crippen LogP contribution in [-0.2, 0) is 6.42 Å². The average Bonchev–Trinajstić information content (AvgIpc) is 2.31. The molecule has 0 saturated heterocycles. The maximum Gasteiger partial charge on any atom is 0.164 e. The van der Waals surface area contributed by atoms with E-state index in [-0.39, 0.29) is 0 Å². The van der Waals surface area contributed by atoms with Crippen LogP contribution in [0.1, 0.15) is 25.3 Å². The molecule has 0 atom stereocenters. The predicted molar refractivity (Wildman–Crippen MR) is 66.2 cm³/mol. The molecule has 0 heterocycles. The van der Waals surface area contributed by atoms with Crippen LogP contribution in [-0.4, -0.2) is 20.3 Å². The summed E-state index contributed by atoms with van der Waals surface area (Å²) in [4.78, 5) is 0. The van der Waals surface area contributed by atoms with Crippen LogP contribution >= 0.6 is 0 Å². The number of methoxy groups -OCH3 is 1. The summed E-state index contributed by atoms with van der Waals surface area (Å²) in [5.41, 5.74) is 6.69. The molecule has 1 aromatic rings. The Bertz CT molecular complexity index is 313. The standard InChI is InChI=1S/C13H21NO2/c1-3-16-13-11(7-4-5-10-14)8-6-9-12(13)15-2/h6,8-9H,3-5,7,10,14H2,1-2H3. The molecule has 2 N–H and O–H groups in total. The summed E-state index contributed by atoms with van der Waals surface area (Å²) < 4.78 is 10.9. The number of benzene rings is 1. The quantitative estimate of drug-likeness (QED) is 0.722. The molecule has 3 heteroatoms. The van der Waals surface area contributed by atoms with Crippen molar-refractivity contribution in [2.75, 3.05) is 20.3 Å². The number of ether oxygens (including phenoxy) is 2. The summed E-state index contributed by atoms with van der Waals surface area (Å²) in [6, 6.07) is 6.01. The van der Waals surface area contributed by atoms with E-state index in [9.17, 15) is 0 Å². The van der Waals surface area contributed by atoms with Gasteiger partial charge in [0.2, 0.25) is 0 Å². The van der Waals surface area contributed by atoms with Crippen molar-refractivity contribution in [1.29, 1.82) is 0 Å². The largest absolute Gasteiger partial charge is 0.493 e. The van der Waals surface area contributed by atoms with E-state index in [2.05, 4.69) is 6.07 Å². The lowest BCUT2D eigenvalue weighted by molar-refractivity contribution is 0.307. The van der Waals surface area contributed by atoms with Crippen molar-refractivity contribution in [3.05, 3.63) is 23.8 Å². The maximum atomic E-state index is 5.63. The van der Waals surface area contributed by atoms with Crippen LogP contribution in [0, 0.1) is 0 Å². The smallest absolute Gasteiger partial charge is 0.164 e. The van der Waals surface area contributed by atoms with Gasteiger partial charge < -0.3 is 15.2 Å². The van der Waals surface area contributed by atoms with Gasteiger partial charge in [-0.05, 0) is 44.4 Å². The number of hydrogen-bond donors (Lipinski definition) is 1. The second-order valence-corrected chi connectivity index (χ2v) is 3.63. The normalized spacial score (nSPS) is 10.2. The van der Waals surface area contributed by atoms with Crippen molar-refractivity contribution < 1.29 is 9.47 Å². The zero-order chi connectivity index (χ0) is 11.8. The highest BCUT2D eigenvalue weighted by atomic mass is 16.5. The first kappa shape index (κ1) is 12.8. The first-order valence-corrected chi connectivity index (χ1v) is 5.82. The summed E-state index contributed by atoms with van der Waals surface area (Å²) in [6.45, 7) is 3.38. The fourth-order valence-corrected chi connectivity index (χ4v) is 1.69. The lowest BCUT2D eigenvalue weighted by Gasteiger charge is -2.13. The van der Waals surface area contributed by atoms with Gasteiger partial charge in [0.25, 0.3) is 0 Å². The van der Waals surface area contributed by atoms with E-state index in [0.29, 0.717) is 6.61 Å². The van der Waals surface area contributed by atoms with Gasteiger partial charge in [0.05, 0.1) is 13.7 Å². The Kier molecular flexibility index (Phi) is 5.72. The van der Waals surface area contributed by atoms with E-state index in [0.717, 1.165) is 37.3 Å². The highest BCUT2D eigenvalue weighted by Crippen LogP contribution is 2.31. The molecule has 1 aromatic carbocycles.